The highest BCUT2D eigenvalue weighted by molar-refractivity contribution is 5.74. The first-order valence-electron chi connectivity index (χ1n) is 8.15. The van der Waals surface area contributed by atoms with Crippen LogP contribution in [0.4, 0.5) is 4.79 Å². The number of aromatic nitrogens is 3. The van der Waals surface area contributed by atoms with Gasteiger partial charge in [-0.25, -0.2) is 14.5 Å². The molecule has 0 saturated carbocycles. The minimum Gasteiger partial charge on any atom is -0.334 e. The van der Waals surface area contributed by atoms with Crippen LogP contribution in [0.15, 0.2) is 67.1 Å². The van der Waals surface area contributed by atoms with E-state index >= 15 is 0 Å². The van der Waals surface area contributed by atoms with Crippen LogP contribution >= 0.6 is 0 Å². The second-order valence-electron chi connectivity index (χ2n) is 5.83. The minimum absolute atomic E-state index is 0.00140. The van der Waals surface area contributed by atoms with Gasteiger partial charge in [0, 0.05) is 32.2 Å². The third-order valence-corrected chi connectivity index (χ3v) is 4.18. The Morgan fingerprint density at radius 1 is 1.20 bits per heavy atom. The summed E-state index contributed by atoms with van der Waals surface area (Å²) in [6, 6.07) is 15.5. The molecule has 128 valence electrons. The summed E-state index contributed by atoms with van der Waals surface area (Å²) in [7, 11) is 1.80. The largest absolute Gasteiger partial charge is 0.334 e. The van der Waals surface area contributed by atoms with Gasteiger partial charge in [-0.2, -0.15) is 5.10 Å². The molecule has 0 bridgehead atoms. The van der Waals surface area contributed by atoms with E-state index in [0.29, 0.717) is 6.54 Å². The van der Waals surface area contributed by atoms with Gasteiger partial charge in [0.1, 0.15) is 0 Å². The van der Waals surface area contributed by atoms with Crippen molar-refractivity contribution in [2.45, 2.75) is 19.5 Å². The van der Waals surface area contributed by atoms with Crippen molar-refractivity contribution in [3.63, 3.8) is 0 Å². The van der Waals surface area contributed by atoms with Gasteiger partial charge < -0.3 is 10.2 Å². The maximum Gasteiger partial charge on any atom is 0.317 e. The molecular formula is C19H21N5O. The molecule has 6 heteroatoms. The van der Waals surface area contributed by atoms with Crippen molar-refractivity contribution in [2.75, 3.05) is 7.05 Å². The van der Waals surface area contributed by atoms with E-state index in [1.54, 1.807) is 29.0 Å². The van der Waals surface area contributed by atoms with Crippen LogP contribution in [0.2, 0.25) is 0 Å². The second-order valence-corrected chi connectivity index (χ2v) is 5.83. The quantitative estimate of drug-likeness (QED) is 0.779. The van der Waals surface area contributed by atoms with Gasteiger partial charge >= 0.3 is 6.03 Å². The summed E-state index contributed by atoms with van der Waals surface area (Å²) in [5, 5.41) is 7.07. The number of rotatable bonds is 5. The number of pyridine rings is 1. The van der Waals surface area contributed by atoms with Crippen LogP contribution in [0.1, 0.15) is 24.1 Å². The van der Waals surface area contributed by atoms with Gasteiger partial charge in [0.25, 0.3) is 0 Å². The number of carbonyl (C=O) groups excluding carboxylic acids is 1. The molecule has 25 heavy (non-hydrogen) atoms. The van der Waals surface area contributed by atoms with E-state index in [4.69, 9.17) is 0 Å². The smallest absolute Gasteiger partial charge is 0.317 e. The zero-order valence-corrected chi connectivity index (χ0v) is 14.3. The van der Waals surface area contributed by atoms with Gasteiger partial charge in [0.2, 0.25) is 0 Å². The highest BCUT2D eigenvalue weighted by atomic mass is 16.2. The number of benzene rings is 1. The van der Waals surface area contributed by atoms with Crippen LogP contribution < -0.4 is 5.32 Å². The molecule has 0 spiro atoms. The summed E-state index contributed by atoms with van der Waals surface area (Å²) in [6.07, 6.45) is 5.29. The Labute approximate surface area is 147 Å². The molecule has 2 amide bonds. The van der Waals surface area contributed by atoms with E-state index in [1.807, 2.05) is 61.7 Å². The average molecular weight is 335 g/mol. The van der Waals surface area contributed by atoms with Crippen LogP contribution in [0.5, 0.6) is 0 Å². The molecule has 0 saturated heterocycles. The fourth-order valence-corrected chi connectivity index (χ4v) is 2.49. The zero-order chi connectivity index (χ0) is 17.6. The first-order chi connectivity index (χ1) is 12.1. The van der Waals surface area contributed by atoms with E-state index in [-0.39, 0.29) is 12.1 Å². The molecule has 1 atom stereocenters. The number of nitrogens with zero attached hydrogens (tertiary/aromatic N) is 4. The van der Waals surface area contributed by atoms with Gasteiger partial charge in [0.15, 0.2) is 5.82 Å². The Balaban J connectivity index is 1.56. The van der Waals surface area contributed by atoms with Crippen molar-refractivity contribution in [1.29, 1.82) is 0 Å². The van der Waals surface area contributed by atoms with Crippen molar-refractivity contribution in [3.8, 4) is 5.82 Å². The summed E-state index contributed by atoms with van der Waals surface area (Å²) in [6.45, 7) is 2.44. The fourth-order valence-electron chi connectivity index (χ4n) is 2.49. The van der Waals surface area contributed by atoms with Crippen LogP contribution in [0, 0.1) is 0 Å². The van der Waals surface area contributed by atoms with Crippen LogP contribution in [-0.2, 0) is 6.54 Å². The lowest BCUT2D eigenvalue weighted by Crippen LogP contribution is -2.38. The minimum atomic E-state index is -0.118. The Hall–Kier alpha value is -3.15. The highest BCUT2D eigenvalue weighted by Crippen LogP contribution is 2.18. The molecule has 1 aromatic carbocycles. The van der Waals surface area contributed by atoms with Gasteiger partial charge in [-0.3, -0.25) is 0 Å². The van der Waals surface area contributed by atoms with Crippen molar-refractivity contribution in [3.05, 3.63) is 78.2 Å². The number of hydrogen-bond acceptors (Lipinski definition) is 3. The molecule has 0 fully saturated rings. The van der Waals surface area contributed by atoms with Gasteiger partial charge in [0.05, 0.1) is 6.04 Å². The van der Waals surface area contributed by atoms with Crippen LogP contribution in [0.3, 0.4) is 0 Å². The molecule has 1 N–H and O–H groups in total. The average Bonchev–Trinajstić information content (AvgIpc) is 3.21. The number of urea groups is 1. The molecule has 0 aliphatic rings. The molecule has 2 heterocycles. The monoisotopic (exact) mass is 335 g/mol. The third-order valence-electron chi connectivity index (χ3n) is 4.18. The molecule has 0 radical (unpaired) electrons. The highest BCUT2D eigenvalue weighted by Gasteiger charge is 2.16. The van der Waals surface area contributed by atoms with Crippen molar-refractivity contribution < 1.29 is 4.79 Å². The molecule has 3 rings (SSSR count). The third kappa shape index (κ3) is 4.03. The molecule has 2 aromatic heterocycles. The van der Waals surface area contributed by atoms with Gasteiger partial charge in [-0.15, -0.1) is 0 Å². The lowest BCUT2D eigenvalue weighted by molar-refractivity contribution is 0.194. The summed E-state index contributed by atoms with van der Waals surface area (Å²) in [5.41, 5.74) is 2.04. The summed E-state index contributed by atoms with van der Waals surface area (Å²) in [4.78, 5) is 18.4. The number of hydrogen-bond donors (Lipinski definition) is 1. The van der Waals surface area contributed by atoms with E-state index in [2.05, 4.69) is 15.4 Å². The van der Waals surface area contributed by atoms with Crippen molar-refractivity contribution in [1.82, 2.24) is 25.0 Å². The Morgan fingerprint density at radius 3 is 2.64 bits per heavy atom. The van der Waals surface area contributed by atoms with E-state index < -0.39 is 0 Å². The SMILES string of the molecule is C[C@@H](c1ccccc1)N(C)C(=O)NCc1ccc(-n2cccn2)nc1. The summed E-state index contributed by atoms with van der Waals surface area (Å²) < 4.78 is 1.69. The van der Waals surface area contributed by atoms with Crippen molar-refractivity contribution >= 4 is 6.03 Å². The molecule has 6 nitrogen and oxygen atoms in total. The second kappa shape index (κ2) is 7.61. The molecule has 3 aromatic rings. The molecule has 0 aliphatic heterocycles. The lowest BCUT2D eigenvalue weighted by atomic mass is 10.1. The van der Waals surface area contributed by atoms with Gasteiger partial charge in [-0.05, 0) is 30.2 Å². The topological polar surface area (TPSA) is 63.1 Å². The standard InChI is InChI=1S/C19H21N5O/c1-15(17-7-4-3-5-8-17)23(2)19(25)21-14-16-9-10-18(20-13-16)24-12-6-11-22-24/h3-13,15H,14H2,1-2H3,(H,21,25)/t15-/m0/s1. The number of nitrogens with one attached hydrogen (secondary N) is 1. The Bertz CT molecular complexity index is 800. The normalized spacial score (nSPS) is 11.8. The predicted octanol–water partition coefficient (Wildman–Crippen LogP) is 3.17. The van der Waals surface area contributed by atoms with E-state index in [0.717, 1.165) is 16.9 Å². The Morgan fingerprint density at radius 2 is 2.00 bits per heavy atom. The van der Waals surface area contributed by atoms with Crippen LogP contribution in [-0.4, -0.2) is 32.7 Å². The lowest BCUT2D eigenvalue weighted by Gasteiger charge is -2.25. The van der Waals surface area contributed by atoms with Crippen molar-refractivity contribution in [2.24, 2.45) is 0 Å². The molecule has 0 aliphatic carbocycles. The summed E-state index contributed by atoms with van der Waals surface area (Å²) in [5.74, 6) is 0.745. The van der Waals surface area contributed by atoms with Crippen LogP contribution in [0.25, 0.3) is 5.82 Å². The first kappa shape index (κ1) is 16.7. The first-order valence-corrected chi connectivity index (χ1v) is 8.15. The summed E-state index contributed by atoms with van der Waals surface area (Å²) >= 11 is 0. The van der Waals surface area contributed by atoms with Gasteiger partial charge in [-0.1, -0.05) is 36.4 Å². The Kier molecular flexibility index (Phi) is 5.09. The maximum absolute atomic E-state index is 12.4. The van der Waals surface area contributed by atoms with E-state index in [1.165, 1.54) is 0 Å². The number of amides is 2. The zero-order valence-electron chi connectivity index (χ0n) is 14.3. The molecular weight excluding hydrogens is 314 g/mol. The molecule has 0 unspecified atom stereocenters. The number of carbonyl (C=O) groups is 1. The fraction of sp³-hybridized carbons (Fsp3) is 0.211. The predicted molar refractivity (Wildman–Crippen MR) is 96.2 cm³/mol. The maximum atomic E-state index is 12.4. The van der Waals surface area contributed by atoms with E-state index in [9.17, 15) is 4.79 Å².